The van der Waals surface area contributed by atoms with Gasteiger partial charge in [0, 0.05) is 31.2 Å². The van der Waals surface area contributed by atoms with E-state index in [0.29, 0.717) is 6.42 Å². The molecule has 4 atom stereocenters. The Balaban J connectivity index is 2.11. The fraction of sp³-hybridized carbons (Fsp3) is 0.696. The third-order valence-electron chi connectivity index (χ3n) is 5.69. The fourth-order valence-electron chi connectivity index (χ4n) is 3.78. The van der Waals surface area contributed by atoms with E-state index >= 15 is 0 Å². The summed E-state index contributed by atoms with van der Waals surface area (Å²) in [5.41, 5.74) is -0.336. The zero-order valence-corrected chi connectivity index (χ0v) is 20.1. The van der Waals surface area contributed by atoms with E-state index in [4.69, 9.17) is 18.9 Å². The lowest BCUT2D eigenvalue weighted by Crippen LogP contribution is -2.46. The first kappa shape index (κ1) is 28.6. The normalized spacial score (nSPS) is 23.5. The number of nitrogens with zero attached hydrogens (tertiary/aromatic N) is 1. The Morgan fingerprint density at radius 1 is 1.31 bits per heavy atom. The number of hydrogen-bond acceptors (Lipinski definition) is 8. The van der Waals surface area contributed by atoms with Crippen LogP contribution in [0.3, 0.4) is 0 Å². The summed E-state index contributed by atoms with van der Waals surface area (Å²) < 4.78 is 59.4. The number of nitrogens with one attached hydrogen (secondary N) is 1. The van der Waals surface area contributed by atoms with Crippen LogP contribution in [0.2, 0.25) is 0 Å². The molecule has 1 aromatic heterocycles. The van der Waals surface area contributed by atoms with Gasteiger partial charge in [-0.15, -0.1) is 0 Å². The summed E-state index contributed by atoms with van der Waals surface area (Å²) in [6, 6.07) is 0.171. The molecule has 0 radical (unpaired) electrons. The molecule has 0 aliphatic carbocycles. The van der Waals surface area contributed by atoms with Crippen molar-refractivity contribution in [1.82, 2.24) is 10.3 Å². The monoisotopic (exact) mass is 506 g/mol. The van der Waals surface area contributed by atoms with E-state index in [-0.39, 0.29) is 43.6 Å². The number of hydrogen-bond donors (Lipinski definition) is 2. The quantitative estimate of drug-likeness (QED) is 0.367. The second-order valence-corrected chi connectivity index (χ2v) is 8.35. The average Bonchev–Trinajstić information content (AvgIpc) is 2.84. The summed E-state index contributed by atoms with van der Waals surface area (Å²) in [4.78, 5) is 29.3. The van der Waals surface area contributed by atoms with Gasteiger partial charge in [0.1, 0.15) is 6.10 Å². The molecule has 1 aromatic rings. The minimum absolute atomic E-state index is 0.0103. The fourth-order valence-corrected chi connectivity index (χ4v) is 3.78. The van der Waals surface area contributed by atoms with Gasteiger partial charge in [-0.2, -0.15) is 13.2 Å². The van der Waals surface area contributed by atoms with E-state index in [1.165, 1.54) is 19.4 Å². The smallest absolute Gasteiger partial charge is 0.389 e. The lowest BCUT2D eigenvalue weighted by molar-refractivity contribution is -0.156. The Labute approximate surface area is 202 Å². The van der Waals surface area contributed by atoms with Crippen LogP contribution in [-0.2, 0) is 19.0 Å². The molecule has 2 heterocycles. The van der Waals surface area contributed by atoms with Gasteiger partial charge >= 0.3 is 12.1 Å². The predicted molar refractivity (Wildman–Crippen MR) is 118 cm³/mol. The molecule has 9 nitrogen and oxygen atoms in total. The maximum atomic E-state index is 12.8. The highest BCUT2D eigenvalue weighted by Gasteiger charge is 2.36. The zero-order valence-electron chi connectivity index (χ0n) is 20.1. The standard InChI is InChI=1S/C23H33F3N2O7/c1-4-5-7-15-14(2)35-22(31)16(12-33-13-18(15)34-11-6-9-23(24,25)26)28-21(30)19-20(29)17(32-3)8-10-27-19/h8,10,14-16,18,29H,4-7,9,11-13H2,1-3H3,(H,28,30)/t14-,15-,16-,18-/m0/s1. The van der Waals surface area contributed by atoms with Crippen LogP contribution in [0.15, 0.2) is 12.3 Å². The van der Waals surface area contributed by atoms with E-state index in [1.807, 2.05) is 6.92 Å². The van der Waals surface area contributed by atoms with E-state index in [9.17, 15) is 27.9 Å². The van der Waals surface area contributed by atoms with Crippen LogP contribution in [-0.4, -0.2) is 73.3 Å². The minimum Gasteiger partial charge on any atom is -0.503 e. The number of cyclic esters (lactones) is 1. The van der Waals surface area contributed by atoms with E-state index < -0.39 is 48.5 Å². The van der Waals surface area contributed by atoms with Crippen LogP contribution in [0.5, 0.6) is 11.5 Å². The van der Waals surface area contributed by atoms with Crippen molar-refractivity contribution in [2.45, 2.75) is 70.4 Å². The van der Waals surface area contributed by atoms with Crippen LogP contribution in [0.1, 0.15) is 56.4 Å². The maximum Gasteiger partial charge on any atom is 0.389 e. The SMILES string of the molecule is CCCC[C@H]1[C@H](C)OC(=O)[C@@H](NC(=O)c2nccc(OC)c2O)COC[C@@H]1OCCCC(F)(F)F. The molecule has 1 aliphatic heterocycles. The van der Waals surface area contributed by atoms with Gasteiger partial charge in [0.05, 0.1) is 26.4 Å². The van der Waals surface area contributed by atoms with Crippen LogP contribution < -0.4 is 10.1 Å². The molecule has 1 aliphatic rings. The average molecular weight is 507 g/mol. The number of aromatic nitrogens is 1. The molecule has 1 amide bonds. The van der Waals surface area contributed by atoms with Gasteiger partial charge in [-0.05, 0) is 19.8 Å². The van der Waals surface area contributed by atoms with Gasteiger partial charge in [0.15, 0.2) is 23.2 Å². The van der Waals surface area contributed by atoms with E-state index in [1.54, 1.807) is 6.92 Å². The lowest BCUT2D eigenvalue weighted by atomic mass is 9.91. The molecule has 198 valence electrons. The summed E-state index contributed by atoms with van der Waals surface area (Å²) >= 11 is 0. The Hall–Kier alpha value is -2.60. The van der Waals surface area contributed by atoms with Crippen LogP contribution in [0.25, 0.3) is 0 Å². The first-order valence-corrected chi connectivity index (χ1v) is 11.6. The topological polar surface area (TPSA) is 116 Å². The number of esters is 1. The number of carbonyl (C=O) groups excluding carboxylic acids is 2. The third-order valence-corrected chi connectivity index (χ3v) is 5.69. The van der Waals surface area contributed by atoms with Gasteiger partial charge < -0.3 is 29.4 Å². The van der Waals surface area contributed by atoms with Crippen molar-refractivity contribution in [3.8, 4) is 11.5 Å². The largest absolute Gasteiger partial charge is 0.503 e. The molecule has 2 rings (SSSR count). The highest BCUT2D eigenvalue weighted by atomic mass is 19.4. The number of ether oxygens (including phenoxy) is 4. The number of carbonyl (C=O) groups is 2. The summed E-state index contributed by atoms with van der Waals surface area (Å²) in [5.74, 6) is -2.32. The second-order valence-electron chi connectivity index (χ2n) is 8.35. The minimum atomic E-state index is -4.26. The van der Waals surface area contributed by atoms with Crippen molar-refractivity contribution < 1.29 is 46.8 Å². The first-order valence-electron chi connectivity index (χ1n) is 11.6. The van der Waals surface area contributed by atoms with Gasteiger partial charge in [-0.1, -0.05) is 19.8 Å². The number of methoxy groups -OCH3 is 1. The molecule has 12 heteroatoms. The van der Waals surface area contributed by atoms with Crippen molar-refractivity contribution in [1.29, 1.82) is 0 Å². The Morgan fingerprint density at radius 3 is 2.71 bits per heavy atom. The van der Waals surface area contributed by atoms with E-state index in [2.05, 4.69) is 10.3 Å². The highest BCUT2D eigenvalue weighted by Crippen LogP contribution is 2.28. The number of aromatic hydroxyl groups is 1. The van der Waals surface area contributed by atoms with Crippen LogP contribution in [0.4, 0.5) is 13.2 Å². The van der Waals surface area contributed by atoms with E-state index in [0.717, 1.165) is 12.8 Å². The summed E-state index contributed by atoms with van der Waals surface area (Å²) in [6.45, 7) is 3.32. The maximum absolute atomic E-state index is 12.8. The van der Waals surface area contributed by atoms with Gasteiger partial charge in [0.25, 0.3) is 5.91 Å². The number of unbranched alkanes of at least 4 members (excludes halogenated alkanes) is 1. The molecular weight excluding hydrogens is 473 g/mol. The Morgan fingerprint density at radius 2 is 2.06 bits per heavy atom. The predicted octanol–water partition coefficient (Wildman–Crippen LogP) is 3.39. The van der Waals surface area contributed by atoms with Crippen molar-refractivity contribution in [3.05, 3.63) is 18.0 Å². The molecule has 0 bridgehead atoms. The Bertz CT molecular complexity index is 838. The molecule has 1 fully saturated rings. The van der Waals surface area contributed by atoms with Gasteiger partial charge in [0.2, 0.25) is 0 Å². The second kappa shape index (κ2) is 13.5. The Kier molecular flexibility index (Phi) is 11.0. The van der Waals surface area contributed by atoms with Crippen molar-refractivity contribution >= 4 is 11.9 Å². The summed E-state index contributed by atoms with van der Waals surface area (Å²) in [6.07, 6.45) is -3.06. The van der Waals surface area contributed by atoms with Crippen molar-refractivity contribution in [3.63, 3.8) is 0 Å². The van der Waals surface area contributed by atoms with Crippen molar-refractivity contribution in [2.75, 3.05) is 26.9 Å². The molecule has 35 heavy (non-hydrogen) atoms. The molecule has 0 spiro atoms. The van der Waals surface area contributed by atoms with Gasteiger partial charge in [-0.25, -0.2) is 9.78 Å². The molecule has 0 aromatic carbocycles. The number of halogens is 3. The number of rotatable bonds is 10. The summed E-state index contributed by atoms with van der Waals surface area (Å²) in [7, 11) is 1.32. The zero-order chi connectivity index (χ0) is 26.0. The molecule has 2 N–H and O–H groups in total. The highest BCUT2D eigenvalue weighted by molar-refractivity contribution is 5.98. The van der Waals surface area contributed by atoms with Gasteiger partial charge in [-0.3, -0.25) is 4.79 Å². The number of alkyl halides is 3. The summed E-state index contributed by atoms with van der Waals surface area (Å²) in [5, 5.41) is 12.6. The number of amides is 1. The van der Waals surface area contributed by atoms with Crippen molar-refractivity contribution in [2.24, 2.45) is 5.92 Å². The number of pyridine rings is 1. The van der Waals surface area contributed by atoms with Crippen LogP contribution in [0, 0.1) is 5.92 Å². The molecular formula is C23H33F3N2O7. The lowest BCUT2D eigenvalue weighted by Gasteiger charge is -2.30. The van der Waals surface area contributed by atoms with Crippen LogP contribution >= 0.6 is 0 Å². The molecule has 1 saturated heterocycles. The third kappa shape index (κ3) is 8.84. The molecule has 0 unspecified atom stereocenters. The molecule has 0 saturated carbocycles. The first-order chi connectivity index (χ1) is 16.6.